The van der Waals surface area contributed by atoms with Gasteiger partial charge in [-0.3, -0.25) is 4.79 Å². The molecule has 3 rings (SSSR count). The van der Waals surface area contributed by atoms with Crippen LogP contribution in [-0.4, -0.2) is 15.1 Å². The Morgan fingerprint density at radius 1 is 1.21 bits per heavy atom. The molecule has 0 saturated carbocycles. The first kappa shape index (κ1) is 19.5. The molecule has 3 aromatic rings. The second kappa shape index (κ2) is 7.77. The van der Waals surface area contributed by atoms with Gasteiger partial charge in [-0.25, -0.2) is 9.95 Å². The Morgan fingerprint density at radius 2 is 1.96 bits per heavy atom. The Kier molecular flexibility index (Phi) is 5.41. The normalized spacial score (nSPS) is 11.4. The summed E-state index contributed by atoms with van der Waals surface area (Å²) in [6.45, 7) is 0. The van der Waals surface area contributed by atoms with Crippen molar-refractivity contribution in [3.8, 4) is 6.07 Å². The van der Waals surface area contributed by atoms with Gasteiger partial charge in [0.2, 0.25) is 5.56 Å². The molecule has 0 bridgehead atoms. The van der Waals surface area contributed by atoms with Gasteiger partial charge in [-0.2, -0.15) is 23.4 Å². The lowest BCUT2D eigenvalue weighted by atomic mass is 10.1. The van der Waals surface area contributed by atoms with Gasteiger partial charge in [0, 0.05) is 18.2 Å². The Labute approximate surface area is 159 Å². The number of nitrogens with one attached hydrogen (secondary N) is 2. The number of hydrogen-bond acceptors (Lipinski definition) is 6. The van der Waals surface area contributed by atoms with Gasteiger partial charge in [-0.1, -0.05) is 24.3 Å². The second-order valence-electron chi connectivity index (χ2n) is 5.67. The number of hydrogen-bond donors (Lipinski definition) is 2. The third-order valence-electron chi connectivity index (χ3n) is 3.65. The molecule has 0 saturated heterocycles. The van der Waals surface area contributed by atoms with Crippen LogP contribution in [0.5, 0.6) is 0 Å². The molecular formula is C17H11F3N4O3S. The lowest BCUT2D eigenvalue weighted by Gasteiger charge is -2.11. The number of aromatic nitrogens is 3. The van der Waals surface area contributed by atoms with Crippen LogP contribution in [-0.2, 0) is 18.3 Å². The molecule has 0 spiro atoms. The number of pyridine rings is 1. The zero-order chi connectivity index (χ0) is 20.3. The minimum atomic E-state index is -4.80. The van der Waals surface area contributed by atoms with Crippen LogP contribution >= 0.6 is 11.8 Å². The summed E-state index contributed by atoms with van der Waals surface area (Å²) < 4.78 is 43.7. The van der Waals surface area contributed by atoms with E-state index in [0.29, 0.717) is 18.3 Å². The molecule has 28 heavy (non-hydrogen) atoms. The van der Waals surface area contributed by atoms with E-state index < -0.39 is 28.6 Å². The summed E-state index contributed by atoms with van der Waals surface area (Å²) in [6.07, 6.45) is -4.50. The van der Waals surface area contributed by atoms with E-state index in [2.05, 4.69) is 19.6 Å². The monoisotopic (exact) mass is 408 g/mol. The predicted octanol–water partition coefficient (Wildman–Crippen LogP) is 2.82. The van der Waals surface area contributed by atoms with Crippen molar-refractivity contribution in [3.05, 3.63) is 79.3 Å². The molecule has 144 valence electrons. The van der Waals surface area contributed by atoms with Crippen LogP contribution in [0.15, 0.2) is 49.5 Å². The van der Waals surface area contributed by atoms with E-state index in [9.17, 15) is 22.8 Å². The minimum absolute atomic E-state index is 0.145. The van der Waals surface area contributed by atoms with E-state index in [4.69, 9.17) is 5.26 Å². The van der Waals surface area contributed by atoms with Gasteiger partial charge in [0.1, 0.15) is 11.9 Å². The maximum atomic E-state index is 13.1. The van der Waals surface area contributed by atoms with Crippen molar-refractivity contribution >= 4 is 11.8 Å². The molecule has 1 aromatic carbocycles. The molecule has 2 N–H and O–H groups in total. The molecule has 2 heterocycles. The molecule has 0 atom stereocenters. The second-order valence-corrected chi connectivity index (χ2v) is 6.66. The molecule has 7 nitrogen and oxygen atoms in total. The largest absolute Gasteiger partial charge is 0.459 e. The summed E-state index contributed by atoms with van der Waals surface area (Å²) in [7, 11) is 0. The minimum Gasteiger partial charge on any atom is -0.321 e. The summed E-state index contributed by atoms with van der Waals surface area (Å²) in [4.78, 5) is 28.4. The number of nitriles is 1. The fourth-order valence-electron chi connectivity index (χ4n) is 2.49. The van der Waals surface area contributed by atoms with Crippen LogP contribution in [0.4, 0.5) is 13.2 Å². The van der Waals surface area contributed by atoms with E-state index in [-0.39, 0.29) is 10.8 Å². The van der Waals surface area contributed by atoms with Crippen LogP contribution in [0.2, 0.25) is 0 Å². The standard InChI is InChI=1S/C17H11F3N4O3S/c18-17(19,20)12-6-14(25)23-15(11(12)7-21)28-8-10-3-1-2-9(4-10)5-13-22-16(26)27-24-13/h1-4,6H,5,8H2,(H,23,25)(H,22,24,26). The number of aromatic amines is 2. The molecule has 11 heteroatoms. The molecule has 0 radical (unpaired) electrons. The number of benzene rings is 1. The molecular weight excluding hydrogens is 397 g/mol. The molecule has 0 aliphatic rings. The number of halogens is 3. The quantitative estimate of drug-likeness (QED) is 0.628. The highest BCUT2D eigenvalue weighted by atomic mass is 32.2. The van der Waals surface area contributed by atoms with Crippen molar-refractivity contribution in [2.45, 2.75) is 23.4 Å². The van der Waals surface area contributed by atoms with Crippen molar-refractivity contribution in [2.24, 2.45) is 0 Å². The van der Waals surface area contributed by atoms with Gasteiger partial charge in [0.15, 0.2) is 0 Å². The summed E-state index contributed by atoms with van der Waals surface area (Å²) in [6, 6.07) is 8.94. The Hall–Kier alpha value is -3.26. The predicted molar refractivity (Wildman–Crippen MR) is 92.7 cm³/mol. The van der Waals surface area contributed by atoms with Crippen molar-refractivity contribution in [2.75, 3.05) is 0 Å². The van der Waals surface area contributed by atoms with Gasteiger partial charge >= 0.3 is 11.9 Å². The highest BCUT2D eigenvalue weighted by Crippen LogP contribution is 2.34. The third-order valence-corrected chi connectivity index (χ3v) is 4.73. The van der Waals surface area contributed by atoms with E-state index in [1.165, 1.54) is 6.07 Å². The van der Waals surface area contributed by atoms with Crippen molar-refractivity contribution in [3.63, 3.8) is 0 Å². The Bertz CT molecular complexity index is 1160. The molecule has 0 unspecified atom stereocenters. The topological polar surface area (TPSA) is 116 Å². The fraction of sp³-hybridized carbons (Fsp3) is 0.176. The van der Waals surface area contributed by atoms with Gasteiger partial charge in [0.05, 0.1) is 16.2 Å². The maximum absolute atomic E-state index is 13.1. The molecule has 0 amide bonds. The van der Waals surface area contributed by atoms with Crippen molar-refractivity contribution in [1.82, 2.24) is 15.1 Å². The fourth-order valence-corrected chi connectivity index (χ4v) is 3.45. The van der Waals surface area contributed by atoms with E-state index in [1.54, 1.807) is 24.3 Å². The van der Waals surface area contributed by atoms with E-state index in [1.807, 2.05) is 0 Å². The van der Waals surface area contributed by atoms with E-state index >= 15 is 0 Å². The molecule has 0 fully saturated rings. The van der Waals surface area contributed by atoms with Crippen LogP contribution in [0.1, 0.15) is 28.1 Å². The first-order valence-electron chi connectivity index (χ1n) is 7.76. The lowest BCUT2D eigenvalue weighted by molar-refractivity contribution is -0.138. The molecule has 2 aromatic heterocycles. The summed E-state index contributed by atoms with van der Waals surface area (Å²) >= 11 is 0.918. The van der Waals surface area contributed by atoms with Crippen LogP contribution < -0.4 is 11.3 Å². The third kappa shape index (κ3) is 4.52. The number of nitrogens with zero attached hydrogens (tertiary/aromatic N) is 2. The van der Waals surface area contributed by atoms with Gasteiger partial charge in [-0.15, -0.1) is 11.8 Å². The number of alkyl halides is 3. The van der Waals surface area contributed by atoms with Crippen molar-refractivity contribution in [1.29, 1.82) is 5.26 Å². The number of H-pyrrole nitrogens is 2. The summed E-state index contributed by atoms with van der Waals surface area (Å²) in [5.41, 5.74) is -1.27. The van der Waals surface area contributed by atoms with Gasteiger partial charge < -0.3 is 9.51 Å². The zero-order valence-corrected chi connectivity index (χ0v) is 14.8. The average Bonchev–Trinajstić information content (AvgIpc) is 3.03. The maximum Gasteiger partial charge on any atom is 0.459 e. The highest BCUT2D eigenvalue weighted by molar-refractivity contribution is 7.98. The van der Waals surface area contributed by atoms with Gasteiger partial charge in [-0.05, 0) is 11.1 Å². The lowest BCUT2D eigenvalue weighted by Crippen LogP contribution is -2.17. The summed E-state index contributed by atoms with van der Waals surface area (Å²) in [5, 5.41) is 11.4. The molecule has 0 aliphatic carbocycles. The van der Waals surface area contributed by atoms with E-state index in [0.717, 1.165) is 22.9 Å². The Morgan fingerprint density at radius 3 is 2.61 bits per heavy atom. The van der Waals surface area contributed by atoms with Crippen LogP contribution in [0, 0.1) is 11.3 Å². The van der Waals surface area contributed by atoms with Crippen molar-refractivity contribution < 1.29 is 17.7 Å². The Balaban J connectivity index is 1.82. The first-order valence-corrected chi connectivity index (χ1v) is 8.74. The number of rotatable bonds is 5. The highest BCUT2D eigenvalue weighted by Gasteiger charge is 2.35. The molecule has 0 aliphatic heterocycles. The summed E-state index contributed by atoms with van der Waals surface area (Å²) in [5.74, 6) is -0.183. The smallest absolute Gasteiger partial charge is 0.321 e. The number of thioether (sulfide) groups is 1. The first-order chi connectivity index (χ1) is 13.3. The average molecular weight is 408 g/mol. The van der Waals surface area contributed by atoms with Crippen LogP contribution in [0.3, 0.4) is 0 Å². The van der Waals surface area contributed by atoms with Crippen LogP contribution in [0.25, 0.3) is 0 Å². The SMILES string of the molecule is N#Cc1c(C(F)(F)F)cc(=O)[nH]c1SCc1cccc(Cc2nc(=O)o[nH]2)c1. The van der Waals surface area contributed by atoms with Gasteiger partial charge in [0.25, 0.3) is 0 Å². The zero-order valence-electron chi connectivity index (χ0n) is 14.0.